The number of anilines is 1. The second-order valence-corrected chi connectivity index (χ2v) is 4.76. The van der Waals surface area contributed by atoms with E-state index in [1.165, 1.54) is 6.07 Å². The van der Waals surface area contributed by atoms with E-state index in [-0.39, 0.29) is 11.4 Å². The predicted molar refractivity (Wildman–Crippen MR) is 76.3 cm³/mol. The highest BCUT2D eigenvalue weighted by Crippen LogP contribution is 2.22. The van der Waals surface area contributed by atoms with Gasteiger partial charge in [-0.05, 0) is 12.1 Å². The minimum absolute atomic E-state index is 0.0471. The maximum absolute atomic E-state index is 11.3. The van der Waals surface area contributed by atoms with Crippen molar-refractivity contribution in [1.82, 2.24) is 4.98 Å². The van der Waals surface area contributed by atoms with Crippen LogP contribution < -0.4 is 5.32 Å². The van der Waals surface area contributed by atoms with Crippen LogP contribution in [0.3, 0.4) is 0 Å². The molecule has 1 aromatic heterocycles. The first kappa shape index (κ1) is 15.2. The SMILES string of the molecule is O=C(O)c1cc(NC(CO)(CO)CO)nc2ccccc12. The fraction of sp³-hybridized carbons (Fsp3) is 0.286. The van der Waals surface area contributed by atoms with Crippen LogP contribution in [0.4, 0.5) is 5.82 Å². The summed E-state index contributed by atoms with van der Waals surface area (Å²) < 4.78 is 0. The van der Waals surface area contributed by atoms with E-state index >= 15 is 0 Å². The molecule has 0 radical (unpaired) electrons. The number of fused-ring (bicyclic) bond motifs is 1. The van der Waals surface area contributed by atoms with E-state index in [9.17, 15) is 25.2 Å². The van der Waals surface area contributed by atoms with Crippen molar-refractivity contribution in [2.45, 2.75) is 5.54 Å². The summed E-state index contributed by atoms with van der Waals surface area (Å²) in [6.45, 7) is -1.59. The number of benzene rings is 1. The Balaban J connectivity index is 2.53. The average Bonchev–Trinajstić information content (AvgIpc) is 2.52. The first-order valence-corrected chi connectivity index (χ1v) is 6.29. The first-order chi connectivity index (χ1) is 10.0. The lowest BCUT2D eigenvalue weighted by Crippen LogP contribution is -2.49. The molecule has 0 bridgehead atoms. The summed E-state index contributed by atoms with van der Waals surface area (Å²) in [6.07, 6.45) is 0. The van der Waals surface area contributed by atoms with Gasteiger partial charge >= 0.3 is 5.97 Å². The van der Waals surface area contributed by atoms with E-state index in [0.29, 0.717) is 10.9 Å². The van der Waals surface area contributed by atoms with Gasteiger partial charge in [-0.3, -0.25) is 0 Å². The summed E-state index contributed by atoms with van der Waals surface area (Å²) in [5.74, 6) is -0.956. The number of rotatable bonds is 6. The Labute approximate surface area is 120 Å². The Morgan fingerprint density at radius 1 is 1.14 bits per heavy atom. The van der Waals surface area contributed by atoms with Crippen LogP contribution in [-0.4, -0.2) is 56.7 Å². The topological polar surface area (TPSA) is 123 Å². The molecule has 21 heavy (non-hydrogen) atoms. The number of pyridine rings is 1. The quantitative estimate of drug-likeness (QED) is 0.510. The fourth-order valence-corrected chi connectivity index (χ4v) is 1.96. The fourth-order valence-electron chi connectivity index (χ4n) is 1.96. The molecule has 0 unspecified atom stereocenters. The second-order valence-electron chi connectivity index (χ2n) is 4.76. The highest BCUT2D eigenvalue weighted by atomic mass is 16.4. The van der Waals surface area contributed by atoms with Crippen LogP contribution >= 0.6 is 0 Å². The minimum Gasteiger partial charge on any atom is -0.478 e. The number of hydrogen-bond donors (Lipinski definition) is 5. The molecular formula is C14H16N2O5. The standard InChI is InChI=1S/C14H16N2O5/c17-6-14(7-18,8-19)16-12-5-10(13(20)21)9-3-1-2-4-11(9)15-12/h1-5,17-19H,6-8H2,(H,15,16)(H,20,21). The lowest BCUT2D eigenvalue weighted by atomic mass is 10.0. The van der Waals surface area contributed by atoms with Crippen LogP contribution in [0.2, 0.25) is 0 Å². The molecular weight excluding hydrogens is 276 g/mol. The molecule has 2 rings (SSSR count). The number of nitrogens with zero attached hydrogens (tertiary/aromatic N) is 1. The third kappa shape index (κ3) is 2.94. The van der Waals surface area contributed by atoms with E-state index in [1.807, 2.05) is 0 Å². The molecule has 5 N–H and O–H groups in total. The zero-order chi connectivity index (χ0) is 15.5. The predicted octanol–water partition coefficient (Wildman–Crippen LogP) is 0.0606. The molecule has 0 spiro atoms. The van der Waals surface area contributed by atoms with Gasteiger partial charge in [-0.25, -0.2) is 9.78 Å². The lowest BCUT2D eigenvalue weighted by molar-refractivity contribution is 0.0699. The van der Waals surface area contributed by atoms with Crippen molar-refractivity contribution in [3.05, 3.63) is 35.9 Å². The summed E-state index contributed by atoms with van der Waals surface area (Å²) in [5, 5.41) is 40.4. The number of aromatic carboxylic acids is 1. The molecule has 1 aromatic carbocycles. The summed E-state index contributed by atoms with van der Waals surface area (Å²) in [4.78, 5) is 15.6. The second kappa shape index (κ2) is 6.04. The van der Waals surface area contributed by atoms with Crippen LogP contribution in [0, 0.1) is 0 Å². The highest BCUT2D eigenvalue weighted by Gasteiger charge is 2.28. The van der Waals surface area contributed by atoms with Gasteiger partial charge in [0.25, 0.3) is 0 Å². The van der Waals surface area contributed by atoms with Crippen LogP contribution in [0.1, 0.15) is 10.4 Å². The molecule has 7 nitrogen and oxygen atoms in total. The number of carboxylic acid groups (broad SMARTS) is 1. The van der Waals surface area contributed by atoms with E-state index in [1.54, 1.807) is 24.3 Å². The zero-order valence-electron chi connectivity index (χ0n) is 11.2. The third-order valence-electron chi connectivity index (χ3n) is 3.25. The lowest BCUT2D eigenvalue weighted by Gasteiger charge is -2.29. The molecule has 2 aromatic rings. The van der Waals surface area contributed by atoms with Gasteiger partial charge in [-0.15, -0.1) is 0 Å². The number of hydrogen-bond acceptors (Lipinski definition) is 6. The van der Waals surface area contributed by atoms with Crippen molar-refractivity contribution in [2.24, 2.45) is 0 Å². The van der Waals surface area contributed by atoms with Gasteiger partial charge in [0.1, 0.15) is 11.4 Å². The molecule has 0 fully saturated rings. The van der Waals surface area contributed by atoms with Crippen LogP contribution in [0.15, 0.2) is 30.3 Å². The highest BCUT2D eigenvalue weighted by molar-refractivity contribution is 6.03. The van der Waals surface area contributed by atoms with Gasteiger partial charge in [0.2, 0.25) is 0 Å². The van der Waals surface area contributed by atoms with Crippen molar-refractivity contribution >= 4 is 22.7 Å². The van der Waals surface area contributed by atoms with Gasteiger partial charge in [0.15, 0.2) is 0 Å². The normalized spacial score (nSPS) is 11.6. The Kier molecular flexibility index (Phi) is 4.37. The van der Waals surface area contributed by atoms with Gasteiger partial charge in [-0.1, -0.05) is 18.2 Å². The molecule has 1 heterocycles. The Morgan fingerprint density at radius 3 is 2.33 bits per heavy atom. The molecule has 0 aliphatic heterocycles. The number of carbonyl (C=O) groups is 1. The largest absolute Gasteiger partial charge is 0.478 e. The van der Waals surface area contributed by atoms with Crippen molar-refractivity contribution < 1.29 is 25.2 Å². The number of aliphatic hydroxyl groups excluding tert-OH is 3. The molecule has 0 saturated heterocycles. The van der Waals surface area contributed by atoms with E-state index in [0.717, 1.165) is 0 Å². The molecule has 7 heteroatoms. The van der Waals surface area contributed by atoms with E-state index in [4.69, 9.17) is 0 Å². The van der Waals surface area contributed by atoms with Crippen LogP contribution in [0.25, 0.3) is 10.9 Å². The van der Waals surface area contributed by atoms with Crippen LogP contribution in [0.5, 0.6) is 0 Å². The maximum Gasteiger partial charge on any atom is 0.336 e. The molecule has 0 aliphatic carbocycles. The Bertz CT molecular complexity index is 647. The van der Waals surface area contributed by atoms with Crippen molar-refractivity contribution in [3.8, 4) is 0 Å². The number of para-hydroxylation sites is 1. The average molecular weight is 292 g/mol. The molecule has 112 valence electrons. The molecule has 0 aliphatic rings. The van der Waals surface area contributed by atoms with Crippen molar-refractivity contribution in [1.29, 1.82) is 0 Å². The Morgan fingerprint density at radius 2 is 1.76 bits per heavy atom. The smallest absolute Gasteiger partial charge is 0.336 e. The van der Waals surface area contributed by atoms with Crippen molar-refractivity contribution in [3.63, 3.8) is 0 Å². The summed E-state index contributed by atoms with van der Waals surface area (Å²) in [5.41, 5.74) is -0.862. The molecule has 0 saturated carbocycles. The summed E-state index contributed by atoms with van der Waals surface area (Å²) >= 11 is 0. The number of carboxylic acids is 1. The minimum atomic E-state index is -1.37. The van der Waals surface area contributed by atoms with Crippen LogP contribution in [-0.2, 0) is 0 Å². The monoisotopic (exact) mass is 292 g/mol. The number of aliphatic hydroxyl groups is 3. The summed E-state index contributed by atoms with van der Waals surface area (Å²) in [7, 11) is 0. The first-order valence-electron chi connectivity index (χ1n) is 6.29. The number of nitrogens with one attached hydrogen (secondary N) is 1. The molecule has 0 atom stereocenters. The zero-order valence-corrected chi connectivity index (χ0v) is 11.2. The Hall–Kier alpha value is -2.22. The number of aromatic nitrogens is 1. The maximum atomic E-state index is 11.3. The van der Waals surface area contributed by atoms with Gasteiger partial charge in [0.05, 0.1) is 30.9 Å². The third-order valence-corrected chi connectivity index (χ3v) is 3.25. The molecule has 0 amide bonds. The van der Waals surface area contributed by atoms with E-state index < -0.39 is 31.3 Å². The van der Waals surface area contributed by atoms with Gasteiger partial charge in [0, 0.05) is 5.39 Å². The van der Waals surface area contributed by atoms with Gasteiger partial charge < -0.3 is 25.7 Å². The van der Waals surface area contributed by atoms with Gasteiger partial charge in [-0.2, -0.15) is 0 Å². The van der Waals surface area contributed by atoms with E-state index in [2.05, 4.69) is 10.3 Å². The van der Waals surface area contributed by atoms with Crippen molar-refractivity contribution in [2.75, 3.05) is 25.1 Å². The summed E-state index contributed by atoms with van der Waals surface area (Å²) in [6, 6.07) is 8.05.